The summed E-state index contributed by atoms with van der Waals surface area (Å²) in [5.74, 6) is 0.609. The van der Waals surface area contributed by atoms with Gasteiger partial charge in [-0.15, -0.1) is 0 Å². The summed E-state index contributed by atoms with van der Waals surface area (Å²) in [4.78, 5) is 58.2. The lowest BCUT2D eigenvalue weighted by Gasteiger charge is -2.27. The summed E-state index contributed by atoms with van der Waals surface area (Å²) in [6, 6.07) is 9.81. The molecule has 0 bridgehead atoms. The molecule has 0 spiro atoms. The molecule has 37 heavy (non-hydrogen) atoms. The lowest BCUT2D eigenvalue weighted by Crippen LogP contribution is -2.48. The summed E-state index contributed by atoms with van der Waals surface area (Å²) in [7, 11) is 1.54. The Balaban J connectivity index is 1.28. The van der Waals surface area contributed by atoms with Crippen LogP contribution in [0.3, 0.4) is 0 Å². The maximum absolute atomic E-state index is 13.1. The molecule has 6 rings (SSSR count). The van der Waals surface area contributed by atoms with Gasteiger partial charge in [-0.1, -0.05) is 6.07 Å². The fourth-order valence-electron chi connectivity index (χ4n) is 5.05. The zero-order chi connectivity index (χ0) is 25.7. The highest BCUT2D eigenvalue weighted by Gasteiger charge is 2.51. The molecule has 3 N–H and O–H groups in total. The Bertz CT molecular complexity index is 1470. The van der Waals surface area contributed by atoms with Gasteiger partial charge < -0.3 is 29.6 Å². The summed E-state index contributed by atoms with van der Waals surface area (Å²) in [6.07, 6.45) is 0.0976. The number of anilines is 1. The Hall–Kier alpha value is -4.61. The predicted molar refractivity (Wildman–Crippen MR) is 130 cm³/mol. The number of imide groups is 1. The quantitative estimate of drug-likeness (QED) is 0.419. The van der Waals surface area contributed by atoms with E-state index in [9.17, 15) is 19.2 Å². The van der Waals surface area contributed by atoms with Crippen molar-refractivity contribution in [3.05, 3.63) is 53.3 Å². The van der Waals surface area contributed by atoms with Crippen LogP contribution >= 0.6 is 0 Å². The monoisotopic (exact) mass is 504 g/mol. The largest absolute Gasteiger partial charge is 0.497 e. The van der Waals surface area contributed by atoms with Gasteiger partial charge in [-0.25, -0.2) is 9.78 Å². The van der Waals surface area contributed by atoms with Crippen molar-refractivity contribution in [2.75, 3.05) is 38.2 Å². The maximum atomic E-state index is 13.1. The maximum Gasteiger partial charge on any atom is 0.322 e. The molecule has 3 aromatic rings. The van der Waals surface area contributed by atoms with Gasteiger partial charge in [-0.3, -0.25) is 19.7 Å². The summed E-state index contributed by atoms with van der Waals surface area (Å²) >= 11 is 0. The minimum atomic E-state index is -1.50. The Morgan fingerprint density at radius 1 is 1.11 bits per heavy atom. The van der Waals surface area contributed by atoms with Crippen LogP contribution in [0.25, 0.3) is 11.1 Å². The van der Waals surface area contributed by atoms with Gasteiger partial charge in [0.25, 0.3) is 11.8 Å². The van der Waals surface area contributed by atoms with Crippen LogP contribution in [0, 0.1) is 0 Å². The van der Waals surface area contributed by atoms with Crippen molar-refractivity contribution < 1.29 is 28.3 Å². The molecule has 0 aliphatic carbocycles. The van der Waals surface area contributed by atoms with Gasteiger partial charge in [0.15, 0.2) is 11.1 Å². The van der Waals surface area contributed by atoms with E-state index < -0.39 is 17.5 Å². The smallest absolute Gasteiger partial charge is 0.322 e. The Morgan fingerprint density at radius 3 is 2.73 bits per heavy atom. The van der Waals surface area contributed by atoms with Gasteiger partial charge in [0.2, 0.25) is 5.91 Å². The van der Waals surface area contributed by atoms with Crippen molar-refractivity contribution >= 4 is 40.7 Å². The van der Waals surface area contributed by atoms with E-state index >= 15 is 0 Å². The van der Waals surface area contributed by atoms with E-state index in [1.54, 1.807) is 42.3 Å². The van der Waals surface area contributed by atoms with Gasteiger partial charge in [0.1, 0.15) is 22.8 Å². The van der Waals surface area contributed by atoms with Crippen molar-refractivity contribution in [3.8, 4) is 5.75 Å². The molecule has 190 valence electrons. The molecule has 0 radical (unpaired) electrons. The second-order valence-corrected chi connectivity index (χ2v) is 9.25. The number of pyridine rings is 1. The standard InChI is InChI=1S/C25H24N6O6/c1-36-15-3-2-14-12-31(22(33)16(14)10-15)8-6-25(23(34)28-24(35)29-25)19-11-17-18(37-19)4-5-20(27-17)30-9-7-26-21(32)13-30/h2-5,10-11H,6-9,12-13H2,1H3,(H,26,32)(H2,28,29,34,35). The number of ether oxygens (including phenoxy) is 1. The first-order valence-electron chi connectivity index (χ1n) is 11.9. The van der Waals surface area contributed by atoms with Crippen LogP contribution in [0.4, 0.5) is 10.6 Å². The number of fused-ring (bicyclic) bond motifs is 2. The molecular weight excluding hydrogens is 480 g/mol. The normalized spacial score (nSPS) is 21.2. The molecule has 12 nitrogen and oxygen atoms in total. The molecule has 2 saturated heterocycles. The molecule has 2 fully saturated rings. The lowest BCUT2D eigenvalue weighted by atomic mass is 9.92. The van der Waals surface area contributed by atoms with Crippen molar-refractivity contribution in [2.24, 2.45) is 0 Å². The lowest BCUT2D eigenvalue weighted by molar-refractivity contribution is -0.125. The van der Waals surface area contributed by atoms with Crippen molar-refractivity contribution in [1.82, 2.24) is 25.8 Å². The number of urea groups is 1. The number of rotatable bonds is 6. The SMILES string of the molecule is COc1ccc2c(c1)C(=O)N(CCC1(c3cc4nc(N5CCNC(=O)C5)ccc4o3)NC(=O)NC1=O)C2. The van der Waals surface area contributed by atoms with E-state index in [4.69, 9.17) is 9.15 Å². The molecule has 12 heteroatoms. The zero-order valence-corrected chi connectivity index (χ0v) is 20.0. The Labute approximate surface area is 210 Å². The third kappa shape index (κ3) is 3.81. The molecule has 1 aromatic carbocycles. The van der Waals surface area contributed by atoms with Crippen molar-refractivity contribution in [2.45, 2.75) is 18.5 Å². The number of piperazine rings is 1. The van der Waals surface area contributed by atoms with Crippen LogP contribution < -0.4 is 25.6 Å². The third-order valence-electron chi connectivity index (χ3n) is 7.04. The molecule has 2 aromatic heterocycles. The summed E-state index contributed by atoms with van der Waals surface area (Å²) in [5.41, 5.74) is 0.844. The van der Waals surface area contributed by atoms with Crippen LogP contribution in [0.5, 0.6) is 5.75 Å². The van der Waals surface area contributed by atoms with Crippen LogP contribution in [0.2, 0.25) is 0 Å². The topological polar surface area (TPSA) is 146 Å². The van der Waals surface area contributed by atoms with Crippen LogP contribution in [0.15, 0.2) is 40.8 Å². The van der Waals surface area contributed by atoms with E-state index in [2.05, 4.69) is 20.9 Å². The first-order chi connectivity index (χ1) is 17.9. The Morgan fingerprint density at radius 2 is 1.97 bits per heavy atom. The fourth-order valence-corrected chi connectivity index (χ4v) is 5.05. The first-order valence-corrected chi connectivity index (χ1v) is 11.9. The second kappa shape index (κ2) is 8.50. The number of hydrogen-bond donors (Lipinski definition) is 3. The molecule has 1 unspecified atom stereocenters. The highest BCUT2D eigenvalue weighted by atomic mass is 16.5. The van der Waals surface area contributed by atoms with E-state index in [1.165, 1.54) is 0 Å². The number of benzene rings is 1. The van der Waals surface area contributed by atoms with E-state index in [0.717, 1.165) is 5.56 Å². The van der Waals surface area contributed by atoms with Gasteiger partial charge >= 0.3 is 6.03 Å². The molecule has 5 heterocycles. The minimum Gasteiger partial charge on any atom is -0.497 e. The summed E-state index contributed by atoms with van der Waals surface area (Å²) < 4.78 is 11.2. The number of nitrogens with one attached hydrogen (secondary N) is 3. The Kier molecular flexibility index (Phi) is 5.25. The van der Waals surface area contributed by atoms with Gasteiger partial charge in [0.05, 0.1) is 13.7 Å². The number of carbonyl (C=O) groups is 4. The van der Waals surface area contributed by atoms with E-state index in [0.29, 0.717) is 47.9 Å². The highest BCUT2D eigenvalue weighted by Crippen LogP contribution is 2.35. The zero-order valence-electron chi connectivity index (χ0n) is 20.0. The molecular formula is C25H24N6O6. The number of furan rings is 1. The average molecular weight is 505 g/mol. The second-order valence-electron chi connectivity index (χ2n) is 9.25. The van der Waals surface area contributed by atoms with Gasteiger partial charge in [-0.2, -0.15) is 0 Å². The molecule has 3 aliphatic heterocycles. The van der Waals surface area contributed by atoms with Gasteiger partial charge in [0, 0.05) is 44.2 Å². The number of methoxy groups -OCH3 is 1. The summed E-state index contributed by atoms with van der Waals surface area (Å²) in [6.45, 7) is 1.93. The van der Waals surface area contributed by atoms with E-state index in [1.807, 2.05) is 11.0 Å². The third-order valence-corrected chi connectivity index (χ3v) is 7.04. The van der Waals surface area contributed by atoms with Gasteiger partial charge in [-0.05, 0) is 29.8 Å². The van der Waals surface area contributed by atoms with Crippen molar-refractivity contribution in [3.63, 3.8) is 0 Å². The van der Waals surface area contributed by atoms with E-state index in [-0.39, 0.29) is 37.1 Å². The first kappa shape index (κ1) is 22.8. The molecule has 5 amide bonds. The molecule has 0 saturated carbocycles. The van der Waals surface area contributed by atoms with Crippen molar-refractivity contribution in [1.29, 1.82) is 0 Å². The minimum absolute atomic E-state index is 0.0811. The number of hydrogen-bond acceptors (Lipinski definition) is 8. The summed E-state index contributed by atoms with van der Waals surface area (Å²) in [5, 5.41) is 7.79. The predicted octanol–water partition coefficient (Wildman–Crippen LogP) is 0.853. The highest BCUT2D eigenvalue weighted by molar-refractivity contribution is 6.07. The van der Waals surface area contributed by atoms with Crippen LogP contribution in [0.1, 0.15) is 28.1 Å². The number of amides is 5. The number of carbonyl (C=O) groups excluding carboxylic acids is 4. The van der Waals surface area contributed by atoms with Crippen LogP contribution in [-0.2, 0) is 21.7 Å². The van der Waals surface area contributed by atoms with Crippen LogP contribution in [-0.4, -0.2) is 66.9 Å². The fraction of sp³-hybridized carbons (Fsp3) is 0.320. The average Bonchev–Trinajstić information content (AvgIpc) is 3.55. The molecule has 1 atom stereocenters. The number of aromatic nitrogens is 1. The molecule has 3 aliphatic rings. The number of nitrogens with zero attached hydrogens (tertiary/aromatic N) is 3.